The first-order valence-electron chi connectivity index (χ1n) is 11.3. The molecule has 1 aromatic carbocycles. The molecular formula is C22H31N7O3S. The summed E-state index contributed by atoms with van der Waals surface area (Å²) >= 11 is 1.41. The second kappa shape index (κ2) is 9.52. The summed E-state index contributed by atoms with van der Waals surface area (Å²) in [5.74, 6) is -0.264. The van der Waals surface area contributed by atoms with Gasteiger partial charge in [-0.05, 0) is 31.9 Å². The van der Waals surface area contributed by atoms with Gasteiger partial charge in [-0.15, -0.1) is 0 Å². The summed E-state index contributed by atoms with van der Waals surface area (Å²) in [7, 11) is 0. The van der Waals surface area contributed by atoms with E-state index in [1.165, 1.54) is 11.3 Å². The molecule has 2 saturated heterocycles. The number of anilines is 1. The summed E-state index contributed by atoms with van der Waals surface area (Å²) in [6, 6.07) is 5.47. The molecule has 1 aromatic heterocycles. The second-order valence-corrected chi connectivity index (χ2v) is 9.78. The Balaban J connectivity index is 1.55. The fraction of sp³-hybridized carbons (Fsp3) is 0.545. The highest BCUT2D eigenvalue weighted by atomic mass is 32.1. The number of amides is 4. The molecule has 11 heteroatoms. The number of carbonyl (C=O) groups excluding carboxylic acids is 3. The van der Waals surface area contributed by atoms with Crippen molar-refractivity contribution in [1.29, 1.82) is 0 Å². The summed E-state index contributed by atoms with van der Waals surface area (Å²) in [5, 5.41) is 6.86. The molecule has 0 spiro atoms. The van der Waals surface area contributed by atoms with Crippen LogP contribution in [0.5, 0.6) is 0 Å². The number of urea groups is 1. The number of nitrogens with one attached hydrogen (secondary N) is 1. The molecule has 0 bridgehead atoms. The maximum absolute atomic E-state index is 13.0. The highest BCUT2D eigenvalue weighted by molar-refractivity contribution is 7.22. The van der Waals surface area contributed by atoms with E-state index in [2.05, 4.69) is 17.2 Å². The SMILES string of the molecule is CCCCNC(=O)N(C(C)C)N1CC(=O)N2CC(=O)N(Cc3cccc4sc(N)nc34)C[C@@H]21. The molecule has 0 saturated carbocycles. The van der Waals surface area contributed by atoms with Crippen LogP contribution < -0.4 is 11.1 Å². The van der Waals surface area contributed by atoms with E-state index in [1.807, 2.05) is 32.0 Å². The number of hydrazine groups is 1. The van der Waals surface area contributed by atoms with Gasteiger partial charge in [-0.3, -0.25) is 14.6 Å². The average Bonchev–Trinajstić information content (AvgIpc) is 3.28. The van der Waals surface area contributed by atoms with Gasteiger partial charge in [-0.2, -0.15) is 5.01 Å². The third kappa shape index (κ3) is 4.60. The zero-order valence-corrected chi connectivity index (χ0v) is 20.1. The molecule has 2 aromatic rings. The lowest BCUT2D eigenvalue weighted by atomic mass is 10.1. The molecule has 2 aliphatic heterocycles. The fourth-order valence-corrected chi connectivity index (χ4v) is 5.20. The second-order valence-electron chi connectivity index (χ2n) is 8.71. The highest BCUT2D eigenvalue weighted by Gasteiger charge is 2.47. The number of nitrogens with two attached hydrogens (primary N) is 1. The molecule has 0 aliphatic carbocycles. The van der Waals surface area contributed by atoms with Crippen LogP contribution in [0.25, 0.3) is 10.2 Å². The van der Waals surface area contributed by atoms with Gasteiger partial charge in [-0.25, -0.2) is 9.78 Å². The Morgan fingerprint density at radius 3 is 2.82 bits per heavy atom. The largest absolute Gasteiger partial charge is 0.375 e. The molecule has 178 valence electrons. The van der Waals surface area contributed by atoms with E-state index in [0.717, 1.165) is 28.6 Å². The number of para-hydroxylation sites is 1. The first-order chi connectivity index (χ1) is 15.8. The van der Waals surface area contributed by atoms with Gasteiger partial charge >= 0.3 is 6.03 Å². The Morgan fingerprint density at radius 2 is 2.09 bits per heavy atom. The molecule has 10 nitrogen and oxygen atoms in total. The number of nitrogens with zero attached hydrogens (tertiary/aromatic N) is 5. The van der Waals surface area contributed by atoms with E-state index < -0.39 is 6.17 Å². The van der Waals surface area contributed by atoms with Crippen LogP contribution in [-0.4, -0.2) is 81.0 Å². The third-order valence-electron chi connectivity index (χ3n) is 6.02. The van der Waals surface area contributed by atoms with Crippen molar-refractivity contribution < 1.29 is 14.4 Å². The van der Waals surface area contributed by atoms with Crippen LogP contribution >= 0.6 is 11.3 Å². The number of rotatable bonds is 7. The minimum Gasteiger partial charge on any atom is -0.375 e. The van der Waals surface area contributed by atoms with Gasteiger partial charge in [0.2, 0.25) is 11.8 Å². The number of thiazole rings is 1. The van der Waals surface area contributed by atoms with E-state index >= 15 is 0 Å². The van der Waals surface area contributed by atoms with E-state index in [4.69, 9.17) is 5.73 Å². The summed E-state index contributed by atoms with van der Waals surface area (Å²) in [6.45, 7) is 7.25. The Bertz CT molecular complexity index is 1060. The Hall–Kier alpha value is -2.92. The Labute approximate surface area is 197 Å². The van der Waals surface area contributed by atoms with Crippen LogP contribution in [0.15, 0.2) is 18.2 Å². The quantitative estimate of drug-likeness (QED) is 0.593. The Kier molecular flexibility index (Phi) is 6.71. The monoisotopic (exact) mass is 473 g/mol. The number of piperazine rings is 1. The van der Waals surface area contributed by atoms with E-state index in [-0.39, 0.29) is 37.0 Å². The van der Waals surface area contributed by atoms with Gasteiger partial charge in [0.25, 0.3) is 0 Å². The van der Waals surface area contributed by atoms with Crippen molar-refractivity contribution in [2.24, 2.45) is 0 Å². The number of nitrogen functional groups attached to an aromatic ring is 1. The predicted octanol–water partition coefficient (Wildman–Crippen LogP) is 1.83. The summed E-state index contributed by atoms with van der Waals surface area (Å²) in [4.78, 5) is 46.4. The zero-order valence-electron chi connectivity index (χ0n) is 19.3. The Morgan fingerprint density at radius 1 is 1.30 bits per heavy atom. The van der Waals surface area contributed by atoms with Crippen LogP contribution in [0.2, 0.25) is 0 Å². The van der Waals surface area contributed by atoms with Crippen molar-refractivity contribution in [3.05, 3.63) is 23.8 Å². The van der Waals surface area contributed by atoms with Gasteiger partial charge in [-0.1, -0.05) is 36.8 Å². The highest BCUT2D eigenvalue weighted by Crippen LogP contribution is 2.29. The average molecular weight is 474 g/mol. The van der Waals surface area contributed by atoms with Crippen LogP contribution in [-0.2, 0) is 16.1 Å². The normalized spacial score (nSPS) is 19.0. The predicted molar refractivity (Wildman–Crippen MR) is 127 cm³/mol. The minimum absolute atomic E-state index is 0.00142. The molecular weight excluding hydrogens is 442 g/mol. The third-order valence-corrected chi connectivity index (χ3v) is 6.87. The molecule has 0 radical (unpaired) electrons. The van der Waals surface area contributed by atoms with E-state index in [1.54, 1.807) is 19.8 Å². The number of hydrogen-bond donors (Lipinski definition) is 2. The summed E-state index contributed by atoms with van der Waals surface area (Å²) in [5.41, 5.74) is 7.60. The maximum atomic E-state index is 13.0. The summed E-state index contributed by atoms with van der Waals surface area (Å²) in [6.07, 6.45) is 1.48. The van der Waals surface area contributed by atoms with Gasteiger partial charge in [0.1, 0.15) is 12.7 Å². The van der Waals surface area contributed by atoms with Crippen LogP contribution in [0, 0.1) is 0 Å². The van der Waals surface area contributed by atoms with Crippen molar-refractivity contribution in [2.45, 2.75) is 52.4 Å². The van der Waals surface area contributed by atoms with Crippen LogP contribution in [0.1, 0.15) is 39.2 Å². The molecule has 1 atom stereocenters. The molecule has 4 rings (SSSR count). The topological polar surface area (TPSA) is 115 Å². The van der Waals surface area contributed by atoms with E-state index in [9.17, 15) is 14.4 Å². The van der Waals surface area contributed by atoms with Gasteiger partial charge < -0.3 is 20.9 Å². The molecule has 3 heterocycles. The number of fused-ring (bicyclic) bond motifs is 2. The standard InChI is InChI=1S/C22H31N7O3S/c1-4-5-9-24-22(32)29(14(2)3)28-13-19(31)27-12-18(30)26(11-17(27)28)10-15-7-6-8-16-20(15)25-21(23)33-16/h6-8,14,17H,4-5,9-13H2,1-3H3,(H2,23,25)(H,24,32)/t17-/m0/s1. The van der Waals surface area contributed by atoms with E-state index in [0.29, 0.717) is 24.8 Å². The lowest BCUT2D eigenvalue weighted by Gasteiger charge is -2.44. The van der Waals surface area contributed by atoms with Crippen molar-refractivity contribution in [2.75, 3.05) is 31.9 Å². The molecule has 2 aliphatic rings. The van der Waals surface area contributed by atoms with Crippen molar-refractivity contribution in [1.82, 2.24) is 30.1 Å². The first-order valence-corrected chi connectivity index (χ1v) is 12.2. The molecule has 2 fully saturated rings. The lowest BCUT2D eigenvalue weighted by molar-refractivity contribution is -0.150. The van der Waals surface area contributed by atoms with Crippen LogP contribution in [0.4, 0.5) is 9.93 Å². The van der Waals surface area contributed by atoms with Crippen molar-refractivity contribution in [3.8, 4) is 0 Å². The molecule has 3 N–H and O–H groups in total. The zero-order chi connectivity index (χ0) is 23.7. The summed E-state index contributed by atoms with van der Waals surface area (Å²) < 4.78 is 0.975. The van der Waals surface area contributed by atoms with Crippen LogP contribution in [0.3, 0.4) is 0 Å². The van der Waals surface area contributed by atoms with Gasteiger partial charge in [0.15, 0.2) is 5.13 Å². The molecule has 33 heavy (non-hydrogen) atoms. The molecule has 4 amide bonds. The molecule has 0 unspecified atom stereocenters. The smallest absolute Gasteiger partial charge is 0.332 e. The fourth-order valence-electron chi connectivity index (χ4n) is 4.42. The van der Waals surface area contributed by atoms with Crippen molar-refractivity contribution in [3.63, 3.8) is 0 Å². The van der Waals surface area contributed by atoms with Gasteiger partial charge in [0, 0.05) is 19.1 Å². The number of hydrogen-bond acceptors (Lipinski definition) is 7. The maximum Gasteiger partial charge on any atom is 0.332 e. The van der Waals surface area contributed by atoms with Gasteiger partial charge in [0.05, 0.1) is 23.3 Å². The minimum atomic E-state index is -0.394. The first kappa shape index (κ1) is 23.2. The number of aromatic nitrogens is 1. The number of unbranched alkanes of at least 4 members (excludes halogenated alkanes) is 1. The van der Waals surface area contributed by atoms with Crippen molar-refractivity contribution >= 4 is 44.5 Å². The number of benzene rings is 1. The number of carbonyl (C=O) groups is 3. The lowest BCUT2D eigenvalue weighted by Crippen LogP contribution is -2.63.